The molecule has 108 valence electrons. The van der Waals surface area contributed by atoms with Crippen LogP contribution < -0.4 is 5.32 Å². The summed E-state index contributed by atoms with van der Waals surface area (Å²) < 4.78 is 14.4. The average molecular weight is 274 g/mol. The van der Waals surface area contributed by atoms with Gasteiger partial charge in [0.05, 0.1) is 26.9 Å². The minimum absolute atomic E-state index is 0.00430. The molecule has 1 aliphatic rings. The summed E-state index contributed by atoms with van der Waals surface area (Å²) >= 11 is 0. The topological polar surface area (TPSA) is 94.2 Å². The quantitative estimate of drug-likeness (QED) is 0.666. The molecule has 1 fully saturated rings. The molecule has 0 aromatic heterocycles. The first-order valence-electron chi connectivity index (χ1n) is 5.95. The number of esters is 1. The molecule has 19 heavy (non-hydrogen) atoms. The van der Waals surface area contributed by atoms with Crippen LogP contribution in [0.2, 0.25) is 0 Å². The minimum Gasteiger partial charge on any atom is -0.467 e. The normalized spacial score (nSPS) is 19.6. The zero-order chi connectivity index (χ0) is 14.3. The molecular weight excluding hydrogens is 256 g/mol. The van der Waals surface area contributed by atoms with E-state index in [-0.39, 0.29) is 19.7 Å². The molecule has 0 aromatic rings. The van der Waals surface area contributed by atoms with Gasteiger partial charge < -0.3 is 14.2 Å². The number of carbonyl (C=O) groups excluding carboxylic acids is 3. The number of amides is 2. The number of morpholine rings is 1. The van der Waals surface area contributed by atoms with Crippen LogP contribution in [0.4, 0.5) is 4.79 Å². The maximum Gasteiger partial charge on any atom is 0.413 e. The van der Waals surface area contributed by atoms with Crippen LogP contribution in [0.5, 0.6) is 0 Å². The highest BCUT2D eigenvalue weighted by molar-refractivity contribution is 5.92. The van der Waals surface area contributed by atoms with Crippen molar-refractivity contribution in [2.45, 2.75) is 13.0 Å². The Morgan fingerprint density at radius 3 is 2.79 bits per heavy atom. The fourth-order valence-corrected chi connectivity index (χ4v) is 1.64. The van der Waals surface area contributed by atoms with E-state index in [4.69, 9.17) is 4.74 Å². The molecule has 1 N–H and O–H groups in total. The van der Waals surface area contributed by atoms with E-state index < -0.39 is 24.1 Å². The molecule has 1 unspecified atom stereocenters. The van der Waals surface area contributed by atoms with E-state index in [1.807, 2.05) is 0 Å². The predicted octanol–water partition coefficient (Wildman–Crippen LogP) is -0.867. The fourth-order valence-electron chi connectivity index (χ4n) is 1.64. The fraction of sp³-hybridized carbons (Fsp3) is 0.727. The molecule has 1 aliphatic heterocycles. The Kier molecular flexibility index (Phi) is 6.23. The van der Waals surface area contributed by atoms with E-state index in [2.05, 4.69) is 14.8 Å². The second-order valence-electron chi connectivity index (χ2n) is 3.89. The third-order valence-electron chi connectivity index (χ3n) is 2.50. The van der Waals surface area contributed by atoms with Gasteiger partial charge in [-0.3, -0.25) is 15.0 Å². The number of imide groups is 1. The lowest BCUT2D eigenvalue weighted by Crippen LogP contribution is -2.50. The lowest BCUT2D eigenvalue weighted by atomic mass is 10.2. The minimum atomic E-state index is -0.773. The van der Waals surface area contributed by atoms with Gasteiger partial charge in [0.25, 0.3) is 0 Å². The van der Waals surface area contributed by atoms with Crippen molar-refractivity contribution in [2.75, 3.05) is 40.0 Å². The van der Waals surface area contributed by atoms with E-state index in [1.54, 1.807) is 11.8 Å². The Morgan fingerprint density at radius 1 is 1.42 bits per heavy atom. The highest BCUT2D eigenvalue weighted by atomic mass is 16.6. The summed E-state index contributed by atoms with van der Waals surface area (Å²) in [5.41, 5.74) is 0. The van der Waals surface area contributed by atoms with Crippen LogP contribution in [0.25, 0.3) is 0 Å². The van der Waals surface area contributed by atoms with Crippen molar-refractivity contribution < 1.29 is 28.6 Å². The number of carbonyl (C=O) groups is 3. The molecule has 1 heterocycles. The second-order valence-corrected chi connectivity index (χ2v) is 3.89. The van der Waals surface area contributed by atoms with Crippen molar-refractivity contribution in [1.29, 1.82) is 0 Å². The van der Waals surface area contributed by atoms with Crippen molar-refractivity contribution in [3.05, 3.63) is 0 Å². The lowest BCUT2D eigenvalue weighted by molar-refractivity contribution is -0.160. The third-order valence-corrected chi connectivity index (χ3v) is 2.50. The van der Waals surface area contributed by atoms with Crippen LogP contribution in [0.3, 0.4) is 0 Å². The van der Waals surface area contributed by atoms with Gasteiger partial charge in [-0.1, -0.05) is 0 Å². The summed E-state index contributed by atoms with van der Waals surface area (Å²) in [6.45, 7) is 2.92. The smallest absolute Gasteiger partial charge is 0.413 e. The SMILES string of the molecule is CCOC(=O)NC(=O)CN1CCOC(C(=O)OC)C1. The van der Waals surface area contributed by atoms with Gasteiger partial charge in [-0.15, -0.1) is 0 Å². The van der Waals surface area contributed by atoms with Gasteiger partial charge in [-0.2, -0.15) is 0 Å². The molecule has 0 aliphatic carbocycles. The highest BCUT2D eigenvalue weighted by Crippen LogP contribution is 2.06. The number of alkyl carbamates (subject to hydrolysis) is 1. The molecule has 2 amide bonds. The third kappa shape index (κ3) is 5.23. The Hall–Kier alpha value is -1.67. The molecule has 1 rings (SSSR count). The summed E-state index contributed by atoms with van der Waals surface area (Å²) in [6, 6.07) is 0. The molecule has 8 nitrogen and oxygen atoms in total. The van der Waals surface area contributed by atoms with Crippen LogP contribution in [-0.4, -0.2) is 68.9 Å². The van der Waals surface area contributed by atoms with E-state index in [0.717, 1.165) is 0 Å². The van der Waals surface area contributed by atoms with Gasteiger partial charge >= 0.3 is 12.1 Å². The van der Waals surface area contributed by atoms with Crippen molar-refractivity contribution in [3.8, 4) is 0 Å². The maximum atomic E-state index is 11.5. The summed E-state index contributed by atoms with van der Waals surface area (Å²) in [4.78, 5) is 35.6. The van der Waals surface area contributed by atoms with Crippen molar-refractivity contribution >= 4 is 18.0 Å². The van der Waals surface area contributed by atoms with E-state index in [1.165, 1.54) is 7.11 Å². The predicted molar refractivity (Wildman–Crippen MR) is 63.4 cm³/mol. The molecule has 8 heteroatoms. The summed E-state index contributed by atoms with van der Waals surface area (Å²) in [6.07, 6.45) is -1.47. The first-order valence-corrected chi connectivity index (χ1v) is 5.95. The van der Waals surface area contributed by atoms with Gasteiger partial charge in [0.1, 0.15) is 0 Å². The molecule has 0 spiro atoms. The first kappa shape index (κ1) is 15.4. The molecule has 0 radical (unpaired) electrons. The molecular formula is C11H18N2O6. The Morgan fingerprint density at radius 2 is 2.16 bits per heavy atom. The largest absolute Gasteiger partial charge is 0.467 e. The number of nitrogens with zero attached hydrogens (tertiary/aromatic N) is 1. The summed E-state index contributed by atoms with van der Waals surface area (Å²) in [5, 5.41) is 2.09. The summed E-state index contributed by atoms with van der Waals surface area (Å²) in [7, 11) is 1.28. The first-order chi connectivity index (χ1) is 9.06. The number of rotatable bonds is 4. The van der Waals surface area contributed by atoms with Crippen molar-refractivity contribution in [3.63, 3.8) is 0 Å². The zero-order valence-corrected chi connectivity index (χ0v) is 11.0. The number of hydrogen-bond acceptors (Lipinski definition) is 7. The summed E-state index contributed by atoms with van der Waals surface area (Å²) in [5.74, 6) is -0.959. The van der Waals surface area contributed by atoms with Crippen LogP contribution in [0.1, 0.15) is 6.92 Å². The van der Waals surface area contributed by atoms with Crippen LogP contribution >= 0.6 is 0 Å². The number of methoxy groups -OCH3 is 1. The average Bonchev–Trinajstić information content (AvgIpc) is 2.38. The van der Waals surface area contributed by atoms with Gasteiger partial charge in [0, 0.05) is 13.1 Å². The monoisotopic (exact) mass is 274 g/mol. The highest BCUT2D eigenvalue weighted by Gasteiger charge is 2.28. The van der Waals surface area contributed by atoms with Crippen molar-refractivity contribution in [1.82, 2.24) is 10.2 Å². The van der Waals surface area contributed by atoms with Crippen LogP contribution in [0, 0.1) is 0 Å². The molecule has 0 saturated carbocycles. The number of ether oxygens (including phenoxy) is 3. The van der Waals surface area contributed by atoms with Crippen LogP contribution in [0.15, 0.2) is 0 Å². The van der Waals surface area contributed by atoms with Crippen molar-refractivity contribution in [2.24, 2.45) is 0 Å². The van der Waals surface area contributed by atoms with E-state index in [9.17, 15) is 14.4 Å². The van der Waals surface area contributed by atoms with E-state index in [0.29, 0.717) is 13.2 Å². The van der Waals surface area contributed by atoms with E-state index >= 15 is 0 Å². The van der Waals surface area contributed by atoms with Crippen LogP contribution in [-0.2, 0) is 23.8 Å². The number of hydrogen-bond donors (Lipinski definition) is 1. The Bertz CT molecular complexity index is 346. The van der Waals surface area contributed by atoms with Gasteiger partial charge in [-0.05, 0) is 6.92 Å². The molecule has 0 aromatic carbocycles. The molecule has 0 bridgehead atoms. The van der Waals surface area contributed by atoms with Gasteiger partial charge in [0.15, 0.2) is 6.10 Å². The molecule has 1 saturated heterocycles. The number of nitrogens with one attached hydrogen (secondary N) is 1. The van der Waals surface area contributed by atoms with Gasteiger partial charge in [0.2, 0.25) is 5.91 Å². The zero-order valence-electron chi connectivity index (χ0n) is 11.0. The Balaban J connectivity index is 2.37. The second kappa shape index (κ2) is 7.70. The lowest BCUT2D eigenvalue weighted by Gasteiger charge is -2.30. The van der Waals surface area contributed by atoms with Gasteiger partial charge in [-0.25, -0.2) is 9.59 Å². The molecule has 1 atom stereocenters. The Labute approximate surface area is 111 Å². The standard InChI is InChI=1S/C11H18N2O6/c1-3-18-11(16)12-9(14)7-13-4-5-19-8(6-13)10(15)17-2/h8H,3-7H2,1-2H3,(H,12,14,16). The maximum absolute atomic E-state index is 11.5.